The van der Waals surface area contributed by atoms with Gasteiger partial charge in [0.05, 0.1) is 5.92 Å². The topological polar surface area (TPSA) is 66.4 Å². The zero-order chi connectivity index (χ0) is 14.5. The average Bonchev–Trinajstić information content (AvgIpc) is 2.33. The van der Waals surface area contributed by atoms with Gasteiger partial charge in [-0.15, -0.1) is 0 Å². The fourth-order valence-corrected chi connectivity index (χ4v) is 2.42. The van der Waals surface area contributed by atoms with Crippen LogP contribution in [0.5, 0.6) is 0 Å². The van der Waals surface area contributed by atoms with E-state index in [1.807, 2.05) is 0 Å². The van der Waals surface area contributed by atoms with Gasteiger partial charge in [-0.1, -0.05) is 12.8 Å². The van der Waals surface area contributed by atoms with Crippen LogP contribution in [0.15, 0.2) is 0 Å². The first kappa shape index (κ1) is 15.8. The van der Waals surface area contributed by atoms with E-state index in [0.717, 1.165) is 0 Å². The summed E-state index contributed by atoms with van der Waals surface area (Å²) in [6.45, 7) is 0.103. The van der Waals surface area contributed by atoms with Gasteiger partial charge in [-0.25, -0.2) is 0 Å². The van der Waals surface area contributed by atoms with Crippen molar-refractivity contribution >= 4 is 11.9 Å². The Hall–Kier alpha value is -1.27. The molecule has 1 amide bonds. The molecule has 0 spiro atoms. The number of aliphatic carboxylic acids is 1. The second kappa shape index (κ2) is 6.77. The summed E-state index contributed by atoms with van der Waals surface area (Å²) in [6.07, 6.45) is -2.86. The van der Waals surface area contributed by atoms with E-state index in [4.69, 9.17) is 5.11 Å². The molecule has 1 fully saturated rings. The third-order valence-corrected chi connectivity index (χ3v) is 3.39. The molecule has 0 aliphatic heterocycles. The van der Waals surface area contributed by atoms with Crippen LogP contribution in [0.1, 0.15) is 38.5 Å². The lowest BCUT2D eigenvalue weighted by molar-refractivity contribution is -0.198. The Morgan fingerprint density at radius 3 is 2.42 bits per heavy atom. The molecule has 0 bridgehead atoms. The second-order valence-electron chi connectivity index (χ2n) is 4.83. The van der Waals surface area contributed by atoms with Crippen molar-refractivity contribution in [3.8, 4) is 0 Å². The van der Waals surface area contributed by atoms with Crippen molar-refractivity contribution in [1.29, 1.82) is 0 Å². The van der Waals surface area contributed by atoms with Crippen molar-refractivity contribution in [3.63, 3.8) is 0 Å². The minimum absolute atomic E-state index is 0.00326. The van der Waals surface area contributed by atoms with Crippen molar-refractivity contribution in [1.82, 2.24) is 5.32 Å². The lowest BCUT2D eigenvalue weighted by Crippen LogP contribution is -2.42. The van der Waals surface area contributed by atoms with Gasteiger partial charge in [0.2, 0.25) is 5.91 Å². The Balaban J connectivity index is 2.46. The molecule has 2 atom stereocenters. The van der Waals surface area contributed by atoms with Crippen molar-refractivity contribution in [2.45, 2.75) is 44.7 Å². The number of hydrogen-bond acceptors (Lipinski definition) is 2. The van der Waals surface area contributed by atoms with Crippen molar-refractivity contribution < 1.29 is 27.9 Å². The number of alkyl halides is 3. The van der Waals surface area contributed by atoms with E-state index < -0.39 is 29.9 Å². The number of carbonyl (C=O) groups is 2. The Morgan fingerprint density at radius 2 is 1.84 bits per heavy atom. The number of amides is 1. The molecule has 7 heteroatoms. The van der Waals surface area contributed by atoms with Gasteiger partial charge in [-0.3, -0.25) is 9.59 Å². The first-order valence-corrected chi connectivity index (χ1v) is 6.38. The maximum Gasteiger partial charge on any atom is 0.392 e. The first-order chi connectivity index (χ1) is 8.82. The molecule has 0 aromatic rings. The highest BCUT2D eigenvalue weighted by molar-refractivity contribution is 5.79. The van der Waals surface area contributed by atoms with Crippen LogP contribution in [0.3, 0.4) is 0 Å². The van der Waals surface area contributed by atoms with Gasteiger partial charge in [-0.2, -0.15) is 13.2 Å². The van der Waals surface area contributed by atoms with E-state index >= 15 is 0 Å². The summed E-state index contributed by atoms with van der Waals surface area (Å²) in [7, 11) is 0. The monoisotopic (exact) mass is 281 g/mol. The van der Waals surface area contributed by atoms with Crippen LogP contribution in [0.25, 0.3) is 0 Å². The molecular weight excluding hydrogens is 263 g/mol. The zero-order valence-corrected chi connectivity index (χ0v) is 10.5. The van der Waals surface area contributed by atoms with Gasteiger partial charge in [0.15, 0.2) is 0 Å². The lowest BCUT2D eigenvalue weighted by atomic mass is 9.78. The third-order valence-electron chi connectivity index (χ3n) is 3.39. The fraction of sp³-hybridized carbons (Fsp3) is 0.833. The Kier molecular flexibility index (Phi) is 5.62. The quantitative estimate of drug-likeness (QED) is 0.760. The molecule has 110 valence electrons. The number of nitrogens with one attached hydrogen (secondary N) is 1. The molecule has 19 heavy (non-hydrogen) atoms. The van der Waals surface area contributed by atoms with Crippen LogP contribution in [0, 0.1) is 11.8 Å². The number of carbonyl (C=O) groups excluding carboxylic acids is 1. The summed E-state index contributed by atoms with van der Waals surface area (Å²) in [6, 6.07) is 0. The predicted molar refractivity (Wildman–Crippen MR) is 61.4 cm³/mol. The molecule has 2 N–H and O–H groups in total. The summed E-state index contributed by atoms with van der Waals surface area (Å²) in [5, 5.41) is 10.8. The summed E-state index contributed by atoms with van der Waals surface area (Å²) < 4.78 is 38.4. The SMILES string of the molecule is O=C(O)CCCNC(=O)[C@H]1CCCC[C@H]1C(F)(F)F. The molecule has 1 rings (SSSR count). The Bertz CT molecular complexity index is 331. The highest BCUT2D eigenvalue weighted by atomic mass is 19.4. The van der Waals surface area contributed by atoms with Crippen molar-refractivity contribution in [2.24, 2.45) is 11.8 Å². The molecule has 4 nitrogen and oxygen atoms in total. The van der Waals surface area contributed by atoms with Crippen molar-refractivity contribution in [3.05, 3.63) is 0 Å². The van der Waals surface area contributed by atoms with Gasteiger partial charge < -0.3 is 10.4 Å². The maximum atomic E-state index is 12.8. The highest BCUT2D eigenvalue weighted by Gasteiger charge is 2.47. The van der Waals surface area contributed by atoms with Crippen LogP contribution >= 0.6 is 0 Å². The normalized spacial score (nSPS) is 23.9. The first-order valence-electron chi connectivity index (χ1n) is 6.38. The average molecular weight is 281 g/mol. The van der Waals surface area contributed by atoms with Gasteiger partial charge in [0, 0.05) is 18.9 Å². The lowest BCUT2D eigenvalue weighted by Gasteiger charge is -2.31. The van der Waals surface area contributed by atoms with Gasteiger partial charge in [0.1, 0.15) is 0 Å². The summed E-state index contributed by atoms with van der Waals surface area (Å²) in [4.78, 5) is 22.0. The highest BCUT2D eigenvalue weighted by Crippen LogP contribution is 2.41. The van der Waals surface area contributed by atoms with Crippen molar-refractivity contribution in [2.75, 3.05) is 6.54 Å². The maximum absolute atomic E-state index is 12.8. The fourth-order valence-electron chi connectivity index (χ4n) is 2.42. The minimum Gasteiger partial charge on any atom is -0.481 e. The van der Waals surface area contributed by atoms with E-state index in [0.29, 0.717) is 12.8 Å². The van der Waals surface area contributed by atoms with Gasteiger partial charge >= 0.3 is 12.1 Å². The smallest absolute Gasteiger partial charge is 0.392 e. The van der Waals surface area contributed by atoms with Crippen LogP contribution in [0.2, 0.25) is 0 Å². The Morgan fingerprint density at radius 1 is 1.21 bits per heavy atom. The molecule has 1 aliphatic rings. The van der Waals surface area contributed by atoms with Crippen LogP contribution in [0.4, 0.5) is 13.2 Å². The molecule has 0 saturated heterocycles. The number of carboxylic acids is 1. The van der Waals surface area contributed by atoms with Gasteiger partial charge in [-0.05, 0) is 19.3 Å². The molecule has 1 saturated carbocycles. The summed E-state index contributed by atoms with van der Waals surface area (Å²) in [5.41, 5.74) is 0. The Labute approximate surface area is 109 Å². The largest absolute Gasteiger partial charge is 0.481 e. The van der Waals surface area contributed by atoms with Crippen LogP contribution in [-0.2, 0) is 9.59 Å². The van der Waals surface area contributed by atoms with Crippen LogP contribution in [-0.4, -0.2) is 29.7 Å². The third kappa shape index (κ3) is 5.08. The molecule has 0 radical (unpaired) electrons. The number of rotatable bonds is 5. The molecule has 0 unspecified atom stereocenters. The second-order valence-corrected chi connectivity index (χ2v) is 4.83. The molecule has 0 aromatic heterocycles. The van der Waals surface area contributed by atoms with E-state index in [9.17, 15) is 22.8 Å². The standard InChI is InChI=1S/C12H18F3NO3/c13-12(14,15)9-5-2-1-4-8(9)11(19)16-7-3-6-10(17)18/h8-9H,1-7H2,(H,16,19)(H,17,18)/t8-,9+/m0/s1. The summed E-state index contributed by atoms with van der Waals surface area (Å²) >= 11 is 0. The number of carboxylic acid groups (broad SMARTS) is 1. The number of halogens is 3. The van der Waals surface area contributed by atoms with E-state index in [-0.39, 0.29) is 32.2 Å². The predicted octanol–water partition coefficient (Wildman–Crippen LogP) is 2.34. The summed E-state index contributed by atoms with van der Waals surface area (Å²) in [5.74, 6) is -4.19. The van der Waals surface area contributed by atoms with E-state index in [1.54, 1.807) is 0 Å². The minimum atomic E-state index is -4.34. The van der Waals surface area contributed by atoms with E-state index in [2.05, 4.69) is 5.32 Å². The zero-order valence-electron chi connectivity index (χ0n) is 10.5. The molecular formula is C12H18F3NO3. The number of hydrogen-bond donors (Lipinski definition) is 2. The van der Waals surface area contributed by atoms with Gasteiger partial charge in [0.25, 0.3) is 0 Å². The van der Waals surface area contributed by atoms with E-state index in [1.165, 1.54) is 0 Å². The van der Waals surface area contributed by atoms with Crippen LogP contribution < -0.4 is 5.32 Å². The molecule has 1 aliphatic carbocycles. The molecule has 0 heterocycles. The molecule has 0 aromatic carbocycles.